The summed E-state index contributed by atoms with van der Waals surface area (Å²) in [6, 6.07) is 1.30. The fourth-order valence-corrected chi connectivity index (χ4v) is 3.55. The fraction of sp³-hybridized carbons (Fsp3) is 1.00. The summed E-state index contributed by atoms with van der Waals surface area (Å²) in [5, 5.41) is 0. The first-order valence-electron chi connectivity index (χ1n) is 4.17. The minimum atomic E-state index is -0.818. The van der Waals surface area contributed by atoms with Crippen molar-refractivity contribution < 1.29 is 4.43 Å². The van der Waals surface area contributed by atoms with Gasteiger partial charge in [0.25, 0.3) is 0 Å². The average molecular weight is 160 g/mol. The summed E-state index contributed by atoms with van der Waals surface area (Å²) in [7, 11) is -0.818. The van der Waals surface area contributed by atoms with Gasteiger partial charge < -0.3 is 4.43 Å². The molecule has 0 aromatic rings. The van der Waals surface area contributed by atoms with Gasteiger partial charge in [-0.15, -0.1) is 0 Å². The van der Waals surface area contributed by atoms with E-state index in [2.05, 4.69) is 34.2 Å². The van der Waals surface area contributed by atoms with Crippen LogP contribution < -0.4 is 0 Å². The molecule has 10 heavy (non-hydrogen) atoms. The molecule has 0 amide bonds. The number of rotatable bonds is 4. The molecular formula is C8H20OSi. The lowest BCUT2D eigenvalue weighted by molar-refractivity contribution is 0.242. The van der Waals surface area contributed by atoms with Crippen LogP contribution >= 0.6 is 0 Å². The quantitative estimate of drug-likeness (QED) is 0.574. The Balaban J connectivity index is 3.34. The van der Waals surface area contributed by atoms with Crippen LogP contribution in [0.15, 0.2) is 0 Å². The lowest BCUT2D eigenvalue weighted by Gasteiger charge is -2.16. The number of hydrogen-bond donors (Lipinski definition) is 0. The fourth-order valence-electron chi connectivity index (χ4n) is 1.18. The smallest absolute Gasteiger partial charge is 0.174 e. The average Bonchev–Trinajstić information content (AvgIpc) is 1.58. The van der Waals surface area contributed by atoms with Crippen molar-refractivity contribution in [3.05, 3.63) is 0 Å². The van der Waals surface area contributed by atoms with Gasteiger partial charge in [-0.1, -0.05) is 13.8 Å². The highest BCUT2D eigenvalue weighted by atomic mass is 28.3. The first kappa shape index (κ1) is 10.2. The van der Waals surface area contributed by atoms with Gasteiger partial charge in [-0.2, -0.15) is 0 Å². The van der Waals surface area contributed by atoms with Crippen molar-refractivity contribution in [3.63, 3.8) is 0 Å². The van der Waals surface area contributed by atoms with Crippen molar-refractivity contribution in [3.8, 4) is 0 Å². The van der Waals surface area contributed by atoms with E-state index in [0.29, 0.717) is 6.10 Å². The lowest BCUT2D eigenvalue weighted by Crippen LogP contribution is -2.20. The van der Waals surface area contributed by atoms with Gasteiger partial charge in [-0.05, 0) is 32.4 Å². The Hall–Kier alpha value is 0.177. The van der Waals surface area contributed by atoms with E-state index in [1.54, 1.807) is 0 Å². The van der Waals surface area contributed by atoms with Crippen LogP contribution in [0.1, 0.15) is 27.7 Å². The normalized spacial score (nSPS) is 14.7. The molecule has 0 aliphatic carbocycles. The molecule has 2 heteroatoms. The lowest BCUT2D eigenvalue weighted by atomic mass is 10.3. The maximum absolute atomic E-state index is 5.70. The molecule has 0 saturated carbocycles. The first-order valence-corrected chi connectivity index (χ1v) is 6.62. The number of hydrogen-bond acceptors (Lipinski definition) is 1. The van der Waals surface area contributed by atoms with Crippen LogP contribution in [0.2, 0.25) is 12.6 Å². The molecule has 62 valence electrons. The van der Waals surface area contributed by atoms with Crippen molar-refractivity contribution in [2.45, 2.75) is 46.4 Å². The molecule has 0 saturated heterocycles. The minimum Gasteiger partial charge on any atom is -0.418 e. The van der Waals surface area contributed by atoms with Crippen LogP contribution in [0.4, 0.5) is 0 Å². The van der Waals surface area contributed by atoms with Gasteiger partial charge in [0.15, 0.2) is 9.04 Å². The largest absolute Gasteiger partial charge is 0.418 e. The Kier molecular flexibility index (Phi) is 5.00. The molecular weight excluding hydrogens is 140 g/mol. The summed E-state index contributed by atoms with van der Waals surface area (Å²) < 4.78 is 5.70. The second-order valence-corrected chi connectivity index (χ2v) is 5.99. The van der Waals surface area contributed by atoms with Crippen LogP contribution in [-0.4, -0.2) is 15.1 Å². The highest BCUT2D eigenvalue weighted by Gasteiger charge is 2.08. The molecule has 0 radical (unpaired) electrons. The molecule has 0 fully saturated rings. The molecule has 0 spiro atoms. The highest BCUT2D eigenvalue weighted by Crippen LogP contribution is 2.07. The predicted octanol–water partition coefficient (Wildman–Crippen LogP) is 2.42. The Morgan fingerprint density at radius 2 is 1.70 bits per heavy atom. The van der Waals surface area contributed by atoms with Crippen molar-refractivity contribution in [2.24, 2.45) is 5.92 Å². The molecule has 0 heterocycles. The molecule has 1 atom stereocenters. The third-order valence-corrected chi connectivity index (χ3v) is 3.92. The SMILES string of the molecule is CC(C)C[SiH](C)OC(C)C. The van der Waals surface area contributed by atoms with E-state index in [1.165, 1.54) is 6.04 Å². The van der Waals surface area contributed by atoms with Crippen LogP contribution in [0.5, 0.6) is 0 Å². The van der Waals surface area contributed by atoms with Crippen molar-refractivity contribution in [1.29, 1.82) is 0 Å². The van der Waals surface area contributed by atoms with Crippen LogP contribution in [-0.2, 0) is 4.43 Å². The summed E-state index contributed by atoms with van der Waals surface area (Å²) in [5.74, 6) is 0.806. The zero-order valence-electron chi connectivity index (χ0n) is 7.85. The molecule has 0 rings (SSSR count). The highest BCUT2D eigenvalue weighted by molar-refractivity contribution is 6.50. The summed E-state index contributed by atoms with van der Waals surface area (Å²) in [4.78, 5) is 0. The minimum absolute atomic E-state index is 0.431. The zero-order valence-corrected chi connectivity index (χ0v) is 9.00. The zero-order chi connectivity index (χ0) is 8.15. The van der Waals surface area contributed by atoms with Crippen molar-refractivity contribution in [1.82, 2.24) is 0 Å². The Labute approximate surface area is 66.5 Å². The van der Waals surface area contributed by atoms with Crippen LogP contribution in [0, 0.1) is 5.92 Å². The van der Waals surface area contributed by atoms with E-state index in [1.807, 2.05) is 0 Å². The molecule has 0 bridgehead atoms. The Morgan fingerprint density at radius 3 is 2.00 bits per heavy atom. The molecule has 0 aliphatic rings. The van der Waals surface area contributed by atoms with Gasteiger partial charge in [-0.25, -0.2) is 0 Å². The second-order valence-electron chi connectivity index (χ2n) is 3.63. The summed E-state index contributed by atoms with van der Waals surface area (Å²) in [6.07, 6.45) is 0.431. The van der Waals surface area contributed by atoms with Crippen LogP contribution in [0.3, 0.4) is 0 Å². The van der Waals surface area contributed by atoms with Crippen molar-refractivity contribution in [2.75, 3.05) is 0 Å². The van der Waals surface area contributed by atoms with Gasteiger partial charge in [0.1, 0.15) is 0 Å². The Morgan fingerprint density at radius 1 is 1.20 bits per heavy atom. The van der Waals surface area contributed by atoms with Gasteiger partial charge in [0, 0.05) is 6.10 Å². The maximum atomic E-state index is 5.70. The van der Waals surface area contributed by atoms with Gasteiger partial charge >= 0.3 is 0 Å². The standard InChI is InChI=1S/C8H20OSi/c1-7(2)6-10(5)9-8(3)4/h7-8,10H,6H2,1-5H3. The summed E-state index contributed by atoms with van der Waals surface area (Å²) in [5.41, 5.74) is 0. The molecule has 0 aliphatic heterocycles. The van der Waals surface area contributed by atoms with E-state index >= 15 is 0 Å². The third kappa shape index (κ3) is 6.30. The predicted molar refractivity (Wildman–Crippen MR) is 48.9 cm³/mol. The van der Waals surface area contributed by atoms with E-state index in [-0.39, 0.29) is 0 Å². The van der Waals surface area contributed by atoms with Crippen molar-refractivity contribution >= 4 is 9.04 Å². The monoisotopic (exact) mass is 160 g/mol. The molecule has 0 aromatic heterocycles. The van der Waals surface area contributed by atoms with Gasteiger partial charge in [-0.3, -0.25) is 0 Å². The third-order valence-electron chi connectivity index (χ3n) is 1.31. The Bertz CT molecular complexity index is 71.3. The topological polar surface area (TPSA) is 9.23 Å². The molecule has 0 N–H and O–H groups in total. The second kappa shape index (κ2) is 4.91. The van der Waals surface area contributed by atoms with E-state index in [9.17, 15) is 0 Å². The molecule has 1 unspecified atom stereocenters. The van der Waals surface area contributed by atoms with E-state index in [4.69, 9.17) is 4.43 Å². The summed E-state index contributed by atoms with van der Waals surface area (Å²) in [6.45, 7) is 11.0. The van der Waals surface area contributed by atoms with Gasteiger partial charge in [0.05, 0.1) is 0 Å². The first-order chi connectivity index (χ1) is 4.52. The summed E-state index contributed by atoms with van der Waals surface area (Å²) >= 11 is 0. The van der Waals surface area contributed by atoms with E-state index in [0.717, 1.165) is 5.92 Å². The maximum Gasteiger partial charge on any atom is 0.174 e. The van der Waals surface area contributed by atoms with E-state index < -0.39 is 9.04 Å². The van der Waals surface area contributed by atoms with Crippen LogP contribution in [0.25, 0.3) is 0 Å². The molecule has 0 aromatic carbocycles. The van der Waals surface area contributed by atoms with Gasteiger partial charge in [0.2, 0.25) is 0 Å². The molecule has 1 nitrogen and oxygen atoms in total.